The van der Waals surface area contributed by atoms with Crippen molar-refractivity contribution in [2.24, 2.45) is 5.10 Å². The predicted molar refractivity (Wildman–Crippen MR) is 136 cm³/mol. The summed E-state index contributed by atoms with van der Waals surface area (Å²) in [6, 6.07) is 22.6. The summed E-state index contributed by atoms with van der Waals surface area (Å²) in [6.45, 7) is 5.63. The van der Waals surface area contributed by atoms with Gasteiger partial charge < -0.3 is 18.9 Å². The van der Waals surface area contributed by atoms with E-state index in [1.807, 2.05) is 55.5 Å². The Morgan fingerprint density at radius 1 is 0.800 bits per heavy atom. The van der Waals surface area contributed by atoms with Gasteiger partial charge >= 0.3 is 0 Å². The summed E-state index contributed by atoms with van der Waals surface area (Å²) < 4.78 is 22.8. The highest BCUT2D eigenvalue weighted by Crippen LogP contribution is 2.24. The molecule has 1 amide bonds. The topological polar surface area (TPSA) is 78.4 Å². The highest BCUT2D eigenvalue weighted by molar-refractivity contribution is 5.85. The van der Waals surface area contributed by atoms with E-state index in [2.05, 4.69) is 17.5 Å². The molecule has 0 heterocycles. The van der Waals surface area contributed by atoms with Crippen molar-refractivity contribution in [2.75, 3.05) is 19.8 Å². The van der Waals surface area contributed by atoms with Crippen LogP contribution in [0, 0.1) is 0 Å². The summed E-state index contributed by atoms with van der Waals surface area (Å²) in [7, 11) is 0. The molecule has 7 heteroatoms. The maximum Gasteiger partial charge on any atom is 0.277 e. The van der Waals surface area contributed by atoms with Crippen LogP contribution in [0.5, 0.6) is 23.0 Å². The summed E-state index contributed by atoms with van der Waals surface area (Å²) in [5.74, 6) is 2.31. The number of carbonyl (C=O) groups is 1. The van der Waals surface area contributed by atoms with Crippen LogP contribution in [0.4, 0.5) is 0 Å². The van der Waals surface area contributed by atoms with Gasteiger partial charge in [-0.25, -0.2) is 5.43 Å². The number of hydrazone groups is 1. The Labute approximate surface area is 206 Å². The summed E-state index contributed by atoms with van der Waals surface area (Å²) in [4.78, 5) is 12.1. The SMILES string of the molecule is CCCOc1ccc(/C=N/NC(=O)COc2ccc(OCc3ccccc3)cc2)c(OCCC)c1. The molecule has 35 heavy (non-hydrogen) atoms. The van der Waals surface area contributed by atoms with Crippen molar-refractivity contribution in [1.82, 2.24) is 5.43 Å². The van der Waals surface area contributed by atoms with Gasteiger partial charge in [-0.1, -0.05) is 44.2 Å². The van der Waals surface area contributed by atoms with Crippen LogP contribution in [0.15, 0.2) is 77.9 Å². The molecule has 0 spiro atoms. The first-order chi connectivity index (χ1) is 17.2. The van der Waals surface area contributed by atoms with Crippen LogP contribution in [0.3, 0.4) is 0 Å². The van der Waals surface area contributed by atoms with Crippen molar-refractivity contribution in [3.05, 3.63) is 83.9 Å². The van der Waals surface area contributed by atoms with Gasteiger partial charge in [0.05, 0.1) is 19.4 Å². The zero-order chi connectivity index (χ0) is 24.7. The number of hydrogen-bond acceptors (Lipinski definition) is 6. The number of hydrogen-bond donors (Lipinski definition) is 1. The van der Waals surface area contributed by atoms with Crippen molar-refractivity contribution < 1.29 is 23.7 Å². The molecular weight excluding hydrogens is 444 g/mol. The summed E-state index contributed by atoms with van der Waals surface area (Å²) in [5.41, 5.74) is 4.31. The molecule has 0 saturated carbocycles. The Kier molecular flexibility index (Phi) is 10.5. The van der Waals surface area contributed by atoms with Crippen molar-refractivity contribution in [1.29, 1.82) is 0 Å². The van der Waals surface area contributed by atoms with Crippen LogP contribution in [0.2, 0.25) is 0 Å². The number of nitrogens with zero attached hydrogens (tertiary/aromatic N) is 1. The second-order valence-corrected chi connectivity index (χ2v) is 7.72. The Morgan fingerprint density at radius 3 is 2.17 bits per heavy atom. The van der Waals surface area contributed by atoms with Gasteiger partial charge in [0.25, 0.3) is 5.91 Å². The van der Waals surface area contributed by atoms with E-state index in [9.17, 15) is 4.79 Å². The van der Waals surface area contributed by atoms with Crippen LogP contribution >= 0.6 is 0 Å². The Morgan fingerprint density at radius 2 is 1.46 bits per heavy atom. The van der Waals surface area contributed by atoms with E-state index in [1.54, 1.807) is 30.5 Å². The van der Waals surface area contributed by atoms with Crippen LogP contribution < -0.4 is 24.4 Å². The van der Waals surface area contributed by atoms with Gasteiger partial charge in [0, 0.05) is 11.6 Å². The van der Waals surface area contributed by atoms with E-state index in [0.717, 1.165) is 35.5 Å². The molecule has 184 valence electrons. The van der Waals surface area contributed by atoms with Crippen molar-refractivity contribution in [3.8, 4) is 23.0 Å². The third-order valence-electron chi connectivity index (χ3n) is 4.75. The lowest BCUT2D eigenvalue weighted by atomic mass is 10.2. The quantitative estimate of drug-likeness (QED) is 0.250. The van der Waals surface area contributed by atoms with Gasteiger partial charge in [0.15, 0.2) is 6.61 Å². The molecular formula is C28H32N2O5. The highest BCUT2D eigenvalue weighted by Gasteiger charge is 2.06. The fourth-order valence-corrected chi connectivity index (χ4v) is 3.00. The van der Waals surface area contributed by atoms with Crippen LogP contribution in [-0.4, -0.2) is 31.9 Å². The molecule has 0 aliphatic rings. The minimum Gasteiger partial charge on any atom is -0.493 e. The lowest BCUT2D eigenvalue weighted by Gasteiger charge is -2.11. The smallest absolute Gasteiger partial charge is 0.277 e. The zero-order valence-corrected chi connectivity index (χ0v) is 20.2. The average Bonchev–Trinajstić information content (AvgIpc) is 2.90. The molecule has 1 N–H and O–H groups in total. The molecule has 0 bridgehead atoms. The number of nitrogens with one attached hydrogen (secondary N) is 1. The van der Waals surface area contributed by atoms with E-state index < -0.39 is 0 Å². The number of carbonyl (C=O) groups excluding carboxylic acids is 1. The van der Waals surface area contributed by atoms with E-state index >= 15 is 0 Å². The normalized spacial score (nSPS) is 10.7. The zero-order valence-electron chi connectivity index (χ0n) is 20.2. The Balaban J connectivity index is 1.46. The van der Waals surface area contributed by atoms with Gasteiger partial charge in [0.1, 0.15) is 29.6 Å². The molecule has 3 rings (SSSR count). The molecule has 0 atom stereocenters. The van der Waals surface area contributed by atoms with Crippen molar-refractivity contribution >= 4 is 12.1 Å². The largest absolute Gasteiger partial charge is 0.493 e. The molecule has 0 radical (unpaired) electrons. The van der Waals surface area contributed by atoms with Gasteiger partial charge in [-0.15, -0.1) is 0 Å². The Bertz CT molecular complexity index is 1070. The second-order valence-electron chi connectivity index (χ2n) is 7.72. The van der Waals surface area contributed by atoms with Gasteiger partial charge in [-0.2, -0.15) is 5.10 Å². The predicted octanol–water partition coefficient (Wildman–Crippen LogP) is 5.37. The number of benzene rings is 3. The molecule has 0 aromatic heterocycles. The van der Waals surface area contributed by atoms with Crippen LogP contribution in [-0.2, 0) is 11.4 Å². The lowest BCUT2D eigenvalue weighted by molar-refractivity contribution is -0.123. The molecule has 0 fully saturated rings. The number of ether oxygens (including phenoxy) is 4. The third-order valence-corrected chi connectivity index (χ3v) is 4.75. The summed E-state index contributed by atoms with van der Waals surface area (Å²) >= 11 is 0. The molecule has 3 aromatic rings. The molecule has 7 nitrogen and oxygen atoms in total. The van der Waals surface area contributed by atoms with E-state index in [4.69, 9.17) is 18.9 Å². The lowest BCUT2D eigenvalue weighted by Crippen LogP contribution is -2.24. The number of rotatable bonds is 14. The maximum atomic E-state index is 12.1. The molecule has 0 aliphatic carbocycles. The minimum atomic E-state index is -0.371. The van der Waals surface area contributed by atoms with Gasteiger partial charge in [0.2, 0.25) is 0 Å². The highest BCUT2D eigenvalue weighted by atomic mass is 16.5. The van der Waals surface area contributed by atoms with Crippen molar-refractivity contribution in [2.45, 2.75) is 33.3 Å². The van der Waals surface area contributed by atoms with E-state index in [1.165, 1.54) is 0 Å². The molecule has 3 aromatic carbocycles. The van der Waals surface area contributed by atoms with E-state index in [0.29, 0.717) is 31.3 Å². The van der Waals surface area contributed by atoms with E-state index in [-0.39, 0.29) is 12.5 Å². The molecule has 0 unspecified atom stereocenters. The minimum absolute atomic E-state index is 0.162. The summed E-state index contributed by atoms with van der Waals surface area (Å²) in [5, 5.41) is 4.04. The first-order valence-electron chi connectivity index (χ1n) is 11.8. The maximum absolute atomic E-state index is 12.1. The summed E-state index contributed by atoms with van der Waals surface area (Å²) in [6.07, 6.45) is 3.35. The standard InChI is InChI=1S/C28H32N2O5/c1-3-16-32-26-11-10-23(27(18-26)33-17-4-2)19-29-30-28(31)21-35-25-14-12-24(13-15-25)34-20-22-8-6-5-7-9-22/h5-15,18-19H,3-4,16-17,20-21H2,1-2H3,(H,30,31)/b29-19+. The second kappa shape index (κ2) is 14.3. The first kappa shape index (κ1) is 25.6. The molecule has 0 saturated heterocycles. The number of amides is 1. The van der Waals surface area contributed by atoms with Crippen LogP contribution in [0.25, 0.3) is 0 Å². The first-order valence-corrected chi connectivity index (χ1v) is 11.8. The Hall–Kier alpha value is -4.00. The fraction of sp³-hybridized carbons (Fsp3) is 0.286. The molecule has 0 aliphatic heterocycles. The fourth-order valence-electron chi connectivity index (χ4n) is 3.00. The third kappa shape index (κ3) is 9.04. The average molecular weight is 477 g/mol. The monoisotopic (exact) mass is 476 g/mol. The van der Waals surface area contributed by atoms with Crippen LogP contribution in [0.1, 0.15) is 37.8 Å². The van der Waals surface area contributed by atoms with Gasteiger partial charge in [-0.05, 0) is 54.8 Å². The van der Waals surface area contributed by atoms with Gasteiger partial charge in [-0.3, -0.25) is 4.79 Å². The van der Waals surface area contributed by atoms with Crippen molar-refractivity contribution in [3.63, 3.8) is 0 Å².